The van der Waals surface area contributed by atoms with Crippen LogP contribution in [0.2, 0.25) is 0 Å². The minimum absolute atomic E-state index is 0.0165. The lowest BCUT2D eigenvalue weighted by atomic mass is 9.95. The number of benzene rings is 1. The summed E-state index contributed by atoms with van der Waals surface area (Å²) >= 11 is 0. The largest absolute Gasteiger partial charge is 0.369 e. The van der Waals surface area contributed by atoms with Crippen LogP contribution in [0, 0.1) is 24.2 Å². The number of piperazine rings is 1. The highest BCUT2D eigenvalue weighted by Crippen LogP contribution is 2.35. The van der Waals surface area contributed by atoms with Crippen LogP contribution < -0.4 is 10.2 Å². The molecule has 3 heterocycles. The first kappa shape index (κ1) is 23.8. The zero-order valence-electron chi connectivity index (χ0n) is 20.3. The van der Waals surface area contributed by atoms with Gasteiger partial charge < -0.3 is 24.8 Å². The molecule has 4 unspecified atom stereocenters. The third-order valence-corrected chi connectivity index (χ3v) is 8.10. The molecular weight excluding hydrogens is 444 g/mol. The number of carbonyl (C=O) groups is 3. The standard InChI is InChI=1S/C27H34N4O4/c1-3-18-16-31(24-22(32)17-35-25(18)24)27(34)23(19-6-4-5-7-19)28-26(33)20-8-10-21(11-9-20)30-14-12-29(2)13-15-30/h1,8-11,18-19,23-25H,4-7,12-17H2,2H3,(H,28,33). The number of nitrogens with zero attached hydrogens (tertiary/aromatic N) is 3. The van der Waals surface area contributed by atoms with E-state index in [0.717, 1.165) is 57.5 Å². The fourth-order valence-corrected chi connectivity index (χ4v) is 5.99. The Bertz CT molecular complexity index is 1010. The van der Waals surface area contributed by atoms with Crippen LogP contribution in [0.3, 0.4) is 0 Å². The number of ketones is 1. The maximum atomic E-state index is 13.8. The molecule has 1 saturated carbocycles. The van der Waals surface area contributed by atoms with Crippen molar-refractivity contribution in [2.45, 2.75) is 43.9 Å². The summed E-state index contributed by atoms with van der Waals surface area (Å²) in [5.74, 6) is 1.83. The van der Waals surface area contributed by atoms with E-state index in [1.54, 1.807) is 4.90 Å². The van der Waals surface area contributed by atoms with E-state index in [2.05, 4.69) is 28.1 Å². The van der Waals surface area contributed by atoms with Gasteiger partial charge in [0.1, 0.15) is 24.8 Å². The molecule has 2 amide bonds. The maximum Gasteiger partial charge on any atom is 0.251 e. The van der Waals surface area contributed by atoms with Gasteiger partial charge in [-0.3, -0.25) is 14.4 Å². The second-order valence-corrected chi connectivity index (χ2v) is 10.3. The molecule has 1 aromatic carbocycles. The van der Waals surface area contributed by atoms with E-state index in [9.17, 15) is 14.4 Å². The lowest BCUT2D eigenvalue weighted by molar-refractivity contribution is -0.139. The highest BCUT2D eigenvalue weighted by molar-refractivity contribution is 5.99. The first-order chi connectivity index (χ1) is 17.0. The van der Waals surface area contributed by atoms with Gasteiger partial charge in [0.05, 0.1) is 5.92 Å². The van der Waals surface area contributed by atoms with E-state index in [-0.39, 0.29) is 42.6 Å². The highest BCUT2D eigenvalue weighted by Gasteiger charge is 2.53. The van der Waals surface area contributed by atoms with Crippen LogP contribution in [0.5, 0.6) is 0 Å². The van der Waals surface area contributed by atoms with Crippen LogP contribution in [0.15, 0.2) is 24.3 Å². The average molecular weight is 479 g/mol. The number of hydrogen-bond donors (Lipinski definition) is 1. The number of carbonyl (C=O) groups excluding carboxylic acids is 3. The fraction of sp³-hybridized carbons (Fsp3) is 0.593. The van der Waals surface area contributed by atoms with Gasteiger partial charge in [0.2, 0.25) is 5.91 Å². The van der Waals surface area contributed by atoms with E-state index in [1.807, 2.05) is 24.3 Å². The molecule has 0 bridgehead atoms. The topological polar surface area (TPSA) is 82.2 Å². The Morgan fingerprint density at radius 3 is 2.46 bits per heavy atom. The Morgan fingerprint density at radius 1 is 1.11 bits per heavy atom. The smallest absolute Gasteiger partial charge is 0.251 e. The summed E-state index contributed by atoms with van der Waals surface area (Å²) in [6.45, 7) is 4.21. The predicted molar refractivity (Wildman–Crippen MR) is 132 cm³/mol. The number of Topliss-reactive ketones (excluding diaryl/α,β-unsaturated/α-hetero) is 1. The Kier molecular flexibility index (Phi) is 6.81. The van der Waals surface area contributed by atoms with Gasteiger partial charge in [-0.2, -0.15) is 0 Å². The number of fused-ring (bicyclic) bond motifs is 1. The van der Waals surface area contributed by atoms with Crippen molar-refractivity contribution in [3.05, 3.63) is 29.8 Å². The van der Waals surface area contributed by atoms with Crippen molar-refractivity contribution < 1.29 is 19.1 Å². The molecule has 4 aliphatic rings. The number of anilines is 1. The van der Waals surface area contributed by atoms with Gasteiger partial charge >= 0.3 is 0 Å². The van der Waals surface area contributed by atoms with Crippen molar-refractivity contribution in [1.82, 2.24) is 15.1 Å². The van der Waals surface area contributed by atoms with E-state index >= 15 is 0 Å². The van der Waals surface area contributed by atoms with E-state index in [4.69, 9.17) is 11.2 Å². The summed E-state index contributed by atoms with van der Waals surface area (Å²) in [7, 11) is 2.12. The molecule has 3 saturated heterocycles. The zero-order chi connectivity index (χ0) is 24.5. The number of ether oxygens (including phenoxy) is 1. The molecule has 1 aromatic rings. The second-order valence-electron chi connectivity index (χ2n) is 10.3. The van der Waals surface area contributed by atoms with Crippen molar-refractivity contribution in [2.75, 3.05) is 51.3 Å². The lowest BCUT2D eigenvalue weighted by Crippen LogP contribution is -2.54. The normalized spacial score (nSPS) is 28.1. The molecule has 1 aliphatic carbocycles. The number of amides is 2. The van der Waals surface area contributed by atoms with Crippen molar-refractivity contribution in [1.29, 1.82) is 0 Å². The van der Waals surface area contributed by atoms with Crippen molar-refractivity contribution in [3.8, 4) is 12.3 Å². The van der Waals surface area contributed by atoms with Crippen LogP contribution in [0.1, 0.15) is 36.0 Å². The van der Waals surface area contributed by atoms with Crippen LogP contribution in [0.4, 0.5) is 5.69 Å². The van der Waals surface area contributed by atoms with Gasteiger partial charge in [0, 0.05) is 44.0 Å². The molecule has 4 fully saturated rings. The summed E-state index contributed by atoms with van der Waals surface area (Å²) in [5, 5.41) is 3.03. The molecule has 4 atom stereocenters. The third kappa shape index (κ3) is 4.67. The number of rotatable bonds is 5. The summed E-state index contributed by atoms with van der Waals surface area (Å²) in [5.41, 5.74) is 1.63. The van der Waals surface area contributed by atoms with Gasteiger partial charge in [-0.05, 0) is 50.1 Å². The summed E-state index contributed by atoms with van der Waals surface area (Å²) in [6.07, 6.45) is 9.05. The van der Waals surface area contributed by atoms with Gasteiger partial charge in [0.15, 0.2) is 5.78 Å². The van der Waals surface area contributed by atoms with Crippen LogP contribution in [0.25, 0.3) is 0 Å². The number of likely N-dealkylation sites (tertiary alicyclic amines) is 1. The highest BCUT2D eigenvalue weighted by atomic mass is 16.5. The number of nitrogens with one attached hydrogen (secondary N) is 1. The second kappa shape index (κ2) is 10.00. The quantitative estimate of drug-likeness (QED) is 0.640. The van der Waals surface area contributed by atoms with Crippen LogP contribution in [-0.4, -0.2) is 92.0 Å². The molecular formula is C27H34N4O4. The molecule has 5 rings (SSSR count). The molecule has 35 heavy (non-hydrogen) atoms. The van der Waals surface area contributed by atoms with Crippen molar-refractivity contribution >= 4 is 23.3 Å². The van der Waals surface area contributed by atoms with E-state index in [1.165, 1.54) is 0 Å². The van der Waals surface area contributed by atoms with E-state index < -0.39 is 18.2 Å². The molecule has 0 spiro atoms. The lowest BCUT2D eigenvalue weighted by Gasteiger charge is -2.34. The Labute approximate surface area is 206 Å². The Balaban J connectivity index is 1.31. The summed E-state index contributed by atoms with van der Waals surface area (Å²) in [4.78, 5) is 45.7. The first-order valence-electron chi connectivity index (χ1n) is 12.7. The van der Waals surface area contributed by atoms with Crippen molar-refractivity contribution in [3.63, 3.8) is 0 Å². The number of hydrogen-bond acceptors (Lipinski definition) is 6. The molecule has 1 N–H and O–H groups in total. The molecule has 3 aliphatic heterocycles. The van der Waals surface area contributed by atoms with Gasteiger partial charge in [0.25, 0.3) is 5.91 Å². The summed E-state index contributed by atoms with van der Waals surface area (Å²) in [6, 6.07) is 6.29. The van der Waals surface area contributed by atoms with Crippen LogP contribution >= 0.6 is 0 Å². The number of terminal acetylenes is 1. The first-order valence-corrected chi connectivity index (χ1v) is 12.7. The number of likely N-dealkylation sites (N-methyl/N-ethyl adjacent to an activating group) is 1. The zero-order valence-corrected chi connectivity index (χ0v) is 20.3. The molecule has 0 radical (unpaired) electrons. The monoisotopic (exact) mass is 478 g/mol. The van der Waals surface area contributed by atoms with Crippen LogP contribution in [-0.2, 0) is 14.3 Å². The third-order valence-electron chi connectivity index (χ3n) is 8.10. The van der Waals surface area contributed by atoms with Crippen molar-refractivity contribution in [2.24, 2.45) is 11.8 Å². The molecule has 8 heteroatoms. The SMILES string of the molecule is C#CC1CN(C(=O)C(NC(=O)c2ccc(N3CCN(C)CC3)cc2)C2CCCC2)C2C(=O)COC12. The average Bonchev–Trinajstić information content (AvgIpc) is 3.62. The Hall–Kier alpha value is -2.89. The predicted octanol–water partition coefficient (Wildman–Crippen LogP) is 1.16. The van der Waals surface area contributed by atoms with E-state index in [0.29, 0.717) is 5.56 Å². The van der Waals surface area contributed by atoms with Gasteiger partial charge in [-0.15, -0.1) is 6.42 Å². The minimum Gasteiger partial charge on any atom is -0.369 e. The van der Waals surface area contributed by atoms with Gasteiger partial charge in [-0.1, -0.05) is 18.8 Å². The fourth-order valence-electron chi connectivity index (χ4n) is 5.99. The Morgan fingerprint density at radius 2 is 1.80 bits per heavy atom. The molecule has 186 valence electrons. The molecule has 8 nitrogen and oxygen atoms in total. The molecule has 0 aromatic heterocycles. The minimum atomic E-state index is -0.673. The van der Waals surface area contributed by atoms with Gasteiger partial charge in [-0.25, -0.2) is 0 Å². The maximum absolute atomic E-state index is 13.8. The summed E-state index contributed by atoms with van der Waals surface area (Å²) < 4.78 is 5.62.